The molecule has 1 aromatic carbocycles. The SMILES string of the molecule is C/C=C(\C)O.Nc1nc(NCc2ccc(O)c(O)c2)n[nH]1. The molecule has 7 N–H and O–H groups in total. The molecule has 0 amide bonds. The normalized spacial score (nSPS) is 10.7. The van der Waals surface area contributed by atoms with E-state index in [1.807, 2.05) is 0 Å². The molecular weight excluding hydrogens is 274 g/mol. The largest absolute Gasteiger partial charge is 0.513 e. The molecule has 0 atom stereocenters. The molecular formula is C13H19N5O3. The van der Waals surface area contributed by atoms with Crippen LogP contribution in [-0.4, -0.2) is 30.5 Å². The van der Waals surface area contributed by atoms with Crippen LogP contribution in [0.1, 0.15) is 19.4 Å². The Balaban J connectivity index is 0.000000383. The van der Waals surface area contributed by atoms with Crippen LogP contribution in [0.15, 0.2) is 30.0 Å². The van der Waals surface area contributed by atoms with Crippen LogP contribution in [0.4, 0.5) is 11.9 Å². The lowest BCUT2D eigenvalue weighted by atomic mass is 10.2. The van der Waals surface area contributed by atoms with Crippen molar-refractivity contribution < 1.29 is 15.3 Å². The number of phenolic OH excluding ortho intramolecular Hbond substituents is 2. The highest BCUT2D eigenvalue weighted by Gasteiger charge is 2.02. The summed E-state index contributed by atoms with van der Waals surface area (Å²) < 4.78 is 0. The predicted molar refractivity (Wildman–Crippen MR) is 80.0 cm³/mol. The van der Waals surface area contributed by atoms with E-state index in [0.29, 0.717) is 18.3 Å². The summed E-state index contributed by atoms with van der Waals surface area (Å²) in [5, 5.41) is 35.8. The fourth-order valence-electron chi connectivity index (χ4n) is 1.21. The van der Waals surface area contributed by atoms with Gasteiger partial charge in [-0.2, -0.15) is 4.98 Å². The van der Waals surface area contributed by atoms with Crippen molar-refractivity contribution in [3.05, 3.63) is 35.6 Å². The van der Waals surface area contributed by atoms with Crippen LogP contribution in [0.25, 0.3) is 0 Å². The number of nitrogens with zero attached hydrogens (tertiary/aromatic N) is 2. The van der Waals surface area contributed by atoms with Crippen LogP contribution >= 0.6 is 0 Å². The molecule has 0 spiro atoms. The number of aliphatic hydroxyl groups excluding tert-OH is 1. The third-order valence-electron chi connectivity index (χ3n) is 2.41. The van der Waals surface area contributed by atoms with E-state index in [1.165, 1.54) is 12.1 Å². The summed E-state index contributed by atoms with van der Waals surface area (Å²) in [5.74, 6) is 0.686. The summed E-state index contributed by atoms with van der Waals surface area (Å²) in [6.07, 6.45) is 1.64. The lowest BCUT2D eigenvalue weighted by molar-refractivity contribution is 0.403. The molecule has 0 saturated carbocycles. The van der Waals surface area contributed by atoms with Crippen molar-refractivity contribution in [1.29, 1.82) is 0 Å². The van der Waals surface area contributed by atoms with Gasteiger partial charge in [-0.15, -0.1) is 5.10 Å². The van der Waals surface area contributed by atoms with Gasteiger partial charge in [0.25, 0.3) is 0 Å². The number of hydrogen-bond acceptors (Lipinski definition) is 7. The van der Waals surface area contributed by atoms with Crippen molar-refractivity contribution in [2.24, 2.45) is 0 Å². The summed E-state index contributed by atoms with van der Waals surface area (Å²) in [4.78, 5) is 3.85. The first-order valence-corrected chi connectivity index (χ1v) is 6.17. The molecule has 0 radical (unpaired) electrons. The van der Waals surface area contributed by atoms with Gasteiger partial charge in [0.1, 0.15) is 0 Å². The Bertz CT molecular complexity index is 606. The van der Waals surface area contributed by atoms with E-state index in [2.05, 4.69) is 20.5 Å². The average Bonchev–Trinajstić information content (AvgIpc) is 2.86. The zero-order chi connectivity index (χ0) is 15.8. The quantitative estimate of drug-likeness (QED) is 0.375. The topological polar surface area (TPSA) is 140 Å². The number of aromatic hydroxyl groups is 2. The highest BCUT2D eigenvalue weighted by atomic mass is 16.3. The molecule has 2 aromatic rings. The van der Waals surface area contributed by atoms with Crippen LogP contribution < -0.4 is 11.1 Å². The fraction of sp³-hybridized carbons (Fsp3) is 0.231. The van der Waals surface area contributed by atoms with Crippen molar-refractivity contribution >= 4 is 11.9 Å². The number of nitrogens with two attached hydrogens (primary N) is 1. The minimum Gasteiger partial charge on any atom is -0.513 e. The van der Waals surface area contributed by atoms with Crippen LogP contribution in [-0.2, 0) is 6.54 Å². The van der Waals surface area contributed by atoms with Gasteiger partial charge in [-0.05, 0) is 31.5 Å². The average molecular weight is 293 g/mol. The summed E-state index contributed by atoms with van der Waals surface area (Å²) >= 11 is 0. The molecule has 0 saturated heterocycles. The number of aromatic nitrogens is 3. The van der Waals surface area contributed by atoms with Crippen molar-refractivity contribution in [1.82, 2.24) is 15.2 Å². The molecule has 8 nitrogen and oxygen atoms in total. The highest BCUT2D eigenvalue weighted by molar-refractivity contribution is 5.41. The maximum atomic E-state index is 9.27. The third kappa shape index (κ3) is 5.72. The second-order valence-electron chi connectivity index (χ2n) is 4.15. The molecule has 8 heteroatoms. The zero-order valence-electron chi connectivity index (χ0n) is 11.8. The molecule has 0 fully saturated rings. The Morgan fingerprint density at radius 2 is 2.05 bits per heavy atom. The van der Waals surface area contributed by atoms with Gasteiger partial charge in [0.2, 0.25) is 11.9 Å². The Morgan fingerprint density at radius 1 is 1.38 bits per heavy atom. The second kappa shape index (κ2) is 7.63. The Morgan fingerprint density at radius 3 is 2.52 bits per heavy atom. The smallest absolute Gasteiger partial charge is 0.243 e. The molecule has 114 valence electrons. The minimum atomic E-state index is -0.159. The Kier molecular flexibility index (Phi) is 5.87. The Hall–Kier alpha value is -2.90. The van der Waals surface area contributed by atoms with E-state index >= 15 is 0 Å². The van der Waals surface area contributed by atoms with E-state index in [-0.39, 0.29) is 17.4 Å². The van der Waals surface area contributed by atoms with Crippen molar-refractivity contribution in [2.45, 2.75) is 20.4 Å². The van der Waals surface area contributed by atoms with Gasteiger partial charge in [-0.3, -0.25) is 0 Å². The Labute approximate surface area is 122 Å². The summed E-state index contributed by atoms with van der Waals surface area (Å²) in [5.41, 5.74) is 6.14. The molecule has 0 aliphatic rings. The van der Waals surface area contributed by atoms with Gasteiger partial charge in [-0.1, -0.05) is 12.1 Å². The van der Waals surface area contributed by atoms with Gasteiger partial charge in [-0.25, -0.2) is 5.10 Å². The van der Waals surface area contributed by atoms with E-state index in [1.54, 1.807) is 26.0 Å². The summed E-state index contributed by atoms with van der Waals surface area (Å²) in [6.45, 7) is 3.85. The lowest BCUT2D eigenvalue weighted by Gasteiger charge is -2.03. The molecule has 2 rings (SSSR count). The fourth-order valence-corrected chi connectivity index (χ4v) is 1.21. The molecule has 1 aromatic heterocycles. The maximum Gasteiger partial charge on any atom is 0.243 e. The van der Waals surface area contributed by atoms with Gasteiger partial charge >= 0.3 is 0 Å². The number of benzene rings is 1. The van der Waals surface area contributed by atoms with Gasteiger partial charge in [0.05, 0.1) is 5.76 Å². The first-order chi connectivity index (χ1) is 9.92. The summed E-state index contributed by atoms with van der Waals surface area (Å²) in [7, 11) is 0. The first-order valence-electron chi connectivity index (χ1n) is 6.17. The number of allylic oxidation sites excluding steroid dienone is 2. The molecule has 1 heterocycles. The van der Waals surface area contributed by atoms with Crippen molar-refractivity contribution in [3.63, 3.8) is 0 Å². The van der Waals surface area contributed by atoms with Crippen molar-refractivity contribution in [2.75, 3.05) is 11.1 Å². The standard InChI is InChI=1S/C9H11N5O2.C4H8O/c10-8-12-9(14-13-8)11-4-5-1-2-6(15)7(16)3-5;1-3-4(2)5/h1-3,15-16H,4H2,(H4,10,11,12,13,14);3,5H,1-2H3/b;4-3+. The van der Waals surface area contributed by atoms with E-state index < -0.39 is 0 Å². The van der Waals surface area contributed by atoms with Crippen LogP contribution in [0, 0.1) is 0 Å². The number of phenols is 2. The predicted octanol–water partition coefficient (Wildman–Crippen LogP) is 1.88. The zero-order valence-corrected chi connectivity index (χ0v) is 11.8. The number of anilines is 2. The summed E-state index contributed by atoms with van der Waals surface area (Å²) in [6, 6.07) is 4.55. The molecule has 0 unspecified atom stereocenters. The minimum absolute atomic E-state index is 0.147. The van der Waals surface area contributed by atoms with E-state index in [4.69, 9.17) is 15.9 Å². The van der Waals surface area contributed by atoms with E-state index in [0.717, 1.165) is 5.56 Å². The number of aliphatic hydroxyl groups is 1. The van der Waals surface area contributed by atoms with Crippen LogP contribution in [0.3, 0.4) is 0 Å². The number of nitrogens with one attached hydrogen (secondary N) is 2. The molecule has 21 heavy (non-hydrogen) atoms. The lowest BCUT2D eigenvalue weighted by Crippen LogP contribution is -2.00. The highest BCUT2D eigenvalue weighted by Crippen LogP contribution is 2.24. The molecule has 0 aliphatic heterocycles. The van der Waals surface area contributed by atoms with E-state index in [9.17, 15) is 5.11 Å². The van der Waals surface area contributed by atoms with Crippen LogP contribution in [0.2, 0.25) is 0 Å². The number of nitrogen functional groups attached to an aromatic ring is 1. The monoisotopic (exact) mass is 293 g/mol. The second-order valence-corrected chi connectivity index (χ2v) is 4.15. The van der Waals surface area contributed by atoms with Crippen molar-refractivity contribution in [3.8, 4) is 11.5 Å². The molecule has 0 aliphatic carbocycles. The molecule has 0 bridgehead atoms. The number of rotatable bonds is 3. The number of H-pyrrole nitrogens is 1. The first kappa shape index (κ1) is 16.2. The van der Waals surface area contributed by atoms with Gasteiger partial charge in [0, 0.05) is 6.54 Å². The number of aromatic amines is 1. The maximum absolute atomic E-state index is 9.27. The van der Waals surface area contributed by atoms with Gasteiger partial charge in [0.15, 0.2) is 11.5 Å². The van der Waals surface area contributed by atoms with Crippen LogP contribution in [0.5, 0.6) is 11.5 Å². The van der Waals surface area contributed by atoms with Gasteiger partial charge < -0.3 is 26.4 Å². The number of hydrogen-bond donors (Lipinski definition) is 6. The third-order valence-corrected chi connectivity index (χ3v) is 2.41.